The van der Waals surface area contributed by atoms with E-state index in [0.717, 1.165) is 0 Å². The molecule has 1 aromatic rings. The van der Waals surface area contributed by atoms with Gasteiger partial charge in [0.15, 0.2) is 11.5 Å². The van der Waals surface area contributed by atoms with Gasteiger partial charge in [0.25, 0.3) is 5.91 Å². The quantitative estimate of drug-likeness (QED) is 0.378. The van der Waals surface area contributed by atoms with E-state index in [1.807, 2.05) is 0 Å². The summed E-state index contributed by atoms with van der Waals surface area (Å²) in [7, 11) is 0. The standard InChI is InChI=1S/C11H12N4O3/c12-15-14-4-3-13-11(16)8-1-2-9-10(7-8)18-6-5-17-9/h1-2,7H,3-6H2,(H,13,16). The van der Waals surface area contributed by atoms with Crippen LogP contribution in [-0.2, 0) is 0 Å². The van der Waals surface area contributed by atoms with Crippen LogP contribution in [0.2, 0.25) is 0 Å². The van der Waals surface area contributed by atoms with Gasteiger partial charge in [0, 0.05) is 23.6 Å². The van der Waals surface area contributed by atoms with E-state index in [-0.39, 0.29) is 12.5 Å². The van der Waals surface area contributed by atoms with Crippen molar-refractivity contribution < 1.29 is 14.3 Å². The first-order valence-corrected chi connectivity index (χ1v) is 5.50. The van der Waals surface area contributed by atoms with Crippen LogP contribution in [-0.4, -0.2) is 32.2 Å². The van der Waals surface area contributed by atoms with E-state index in [0.29, 0.717) is 36.8 Å². The second-order valence-electron chi connectivity index (χ2n) is 3.57. The van der Waals surface area contributed by atoms with Crippen molar-refractivity contribution in [2.45, 2.75) is 0 Å². The number of benzene rings is 1. The van der Waals surface area contributed by atoms with Gasteiger partial charge in [-0.2, -0.15) is 0 Å². The van der Waals surface area contributed by atoms with Crippen molar-refractivity contribution in [3.05, 3.63) is 34.2 Å². The Morgan fingerprint density at radius 1 is 1.39 bits per heavy atom. The molecule has 2 rings (SSSR count). The molecule has 0 saturated carbocycles. The number of rotatable bonds is 4. The van der Waals surface area contributed by atoms with Gasteiger partial charge in [-0.25, -0.2) is 0 Å². The SMILES string of the molecule is [N-]=[N+]=NCCNC(=O)c1ccc2c(c1)OCCO2. The minimum Gasteiger partial charge on any atom is -0.486 e. The fourth-order valence-corrected chi connectivity index (χ4v) is 1.55. The fraction of sp³-hybridized carbons (Fsp3) is 0.364. The number of hydrogen-bond donors (Lipinski definition) is 1. The van der Waals surface area contributed by atoms with Crippen molar-refractivity contribution in [3.8, 4) is 11.5 Å². The van der Waals surface area contributed by atoms with Crippen LogP contribution in [0.4, 0.5) is 0 Å². The van der Waals surface area contributed by atoms with E-state index in [4.69, 9.17) is 15.0 Å². The summed E-state index contributed by atoms with van der Waals surface area (Å²) in [6.45, 7) is 1.53. The average Bonchev–Trinajstić information content (AvgIpc) is 2.43. The highest BCUT2D eigenvalue weighted by atomic mass is 16.6. The van der Waals surface area contributed by atoms with Crippen molar-refractivity contribution >= 4 is 5.91 Å². The van der Waals surface area contributed by atoms with Crippen LogP contribution < -0.4 is 14.8 Å². The van der Waals surface area contributed by atoms with Crippen LogP contribution in [0.15, 0.2) is 23.3 Å². The largest absolute Gasteiger partial charge is 0.486 e. The Morgan fingerprint density at radius 2 is 2.17 bits per heavy atom. The van der Waals surface area contributed by atoms with Gasteiger partial charge in [0.2, 0.25) is 0 Å². The third-order valence-corrected chi connectivity index (χ3v) is 2.36. The highest BCUT2D eigenvalue weighted by Gasteiger charge is 2.14. The van der Waals surface area contributed by atoms with Crippen molar-refractivity contribution in [2.75, 3.05) is 26.3 Å². The Labute approximate surface area is 103 Å². The molecule has 1 N–H and O–H groups in total. The van der Waals surface area contributed by atoms with Gasteiger partial charge in [-0.3, -0.25) is 4.79 Å². The molecule has 7 nitrogen and oxygen atoms in total. The number of nitrogens with zero attached hydrogens (tertiary/aromatic N) is 3. The molecule has 1 aromatic carbocycles. The summed E-state index contributed by atoms with van der Waals surface area (Å²) in [6.07, 6.45) is 0. The lowest BCUT2D eigenvalue weighted by Gasteiger charge is -2.18. The topological polar surface area (TPSA) is 96.3 Å². The first-order valence-electron chi connectivity index (χ1n) is 5.50. The molecule has 1 heterocycles. The maximum atomic E-state index is 11.8. The van der Waals surface area contributed by atoms with Gasteiger partial charge < -0.3 is 14.8 Å². The molecule has 0 bridgehead atoms. The number of nitrogens with one attached hydrogen (secondary N) is 1. The summed E-state index contributed by atoms with van der Waals surface area (Å²) in [6, 6.07) is 5.00. The molecule has 7 heteroatoms. The molecule has 0 atom stereocenters. The summed E-state index contributed by atoms with van der Waals surface area (Å²) >= 11 is 0. The predicted molar refractivity (Wildman–Crippen MR) is 63.8 cm³/mol. The highest BCUT2D eigenvalue weighted by Crippen LogP contribution is 2.30. The lowest BCUT2D eigenvalue weighted by atomic mass is 10.2. The van der Waals surface area contributed by atoms with Crippen molar-refractivity contribution in [3.63, 3.8) is 0 Å². The van der Waals surface area contributed by atoms with E-state index in [9.17, 15) is 4.79 Å². The second kappa shape index (κ2) is 5.79. The molecule has 94 valence electrons. The van der Waals surface area contributed by atoms with Crippen LogP contribution in [0.1, 0.15) is 10.4 Å². The zero-order valence-corrected chi connectivity index (χ0v) is 9.63. The number of carbonyl (C=O) groups excluding carboxylic acids is 1. The molecule has 1 aliphatic heterocycles. The van der Waals surface area contributed by atoms with Gasteiger partial charge in [-0.05, 0) is 23.7 Å². The van der Waals surface area contributed by atoms with Gasteiger partial charge in [0.1, 0.15) is 13.2 Å². The predicted octanol–water partition coefficient (Wildman–Crippen LogP) is 1.50. The van der Waals surface area contributed by atoms with Crippen LogP contribution in [0, 0.1) is 0 Å². The normalized spacial score (nSPS) is 12.4. The highest BCUT2D eigenvalue weighted by molar-refractivity contribution is 5.94. The lowest BCUT2D eigenvalue weighted by Crippen LogP contribution is -2.26. The molecule has 18 heavy (non-hydrogen) atoms. The molecule has 0 saturated heterocycles. The van der Waals surface area contributed by atoms with Gasteiger partial charge in [-0.1, -0.05) is 5.11 Å². The number of ether oxygens (including phenoxy) is 2. The van der Waals surface area contributed by atoms with Gasteiger partial charge >= 0.3 is 0 Å². The first kappa shape index (κ1) is 12.1. The fourth-order valence-electron chi connectivity index (χ4n) is 1.55. The third kappa shape index (κ3) is 2.83. The van der Waals surface area contributed by atoms with E-state index in [2.05, 4.69) is 15.3 Å². The smallest absolute Gasteiger partial charge is 0.251 e. The molecule has 0 unspecified atom stereocenters. The van der Waals surface area contributed by atoms with Crippen molar-refractivity contribution in [2.24, 2.45) is 5.11 Å². The second-order valence-corrected chi connectivity index (χ2v) is 3.57. The molecular formula is C11H12N4O3. The molecular weight excluding hydrogens is 236 g/mol. The van der Waals surface area contributed by atoms with E-state index in [1.165, 1.54) is 0 Å². The van der Waals surface area contributed by atoms with Crippen LogP contribution in [0.5, 0.6) is 11.5 Å². The minimum absolute atomic E-state index is 0.229. The molecule has 1 aliphatic rings. The monoisotopic (exact) mass is 248 g/mol. The maximum absolute atomic E-state index is 11.8. The maximum Gasteiger partial charge on any atom is 0.251 e. The Hall–Kier alpha value is -2.40. The summed E-state index contributed by atoms with van der Waals surface area (Å²) < 4.78 is 10.7. The zero-order chi connectivity index (χ0) is 12.8. The van der Waals surface area contributed by atoms with Crippen LogP contribution in [0.3, 0.4) is 0 Å². The first-order chi connectivity index (χ1) is 8.81. The zero-order valence-electron chi connectivity index (χ0n) is 9.63. The van der Waals surface area contributed by atoms with Gasteiger partial charge in [-0.15, -0.1) is 0 Å². The number of carbonyl (C=O) groups is 1. The van der Waals surface area contributed by atoms with Crippen molar-refractivity contribution in [1.29, 1.82) is 0 Å². The lowest BCUT2D eigenvalue weighted by molar-refractivity contribution is 0.0953. The third-order valence-electron chi connectivity index (χ3n) is 2.36. The Kier molecular flexibility index (Phi) is 3.88. The molecule has 0 fully saturated rings. The minimum atomic E-state index is -0.236. The number of amides is 1. The summed E-state index contributed by atoms with van der Waals surface area (Å²) in [5, 5.41) is 5.97. The number of fused-ring (bicyclic) bond motifs is 1. The molecule has 1 amide bonds. The number of hydrogen-bond acceptors (Lipinski definition) is 4. The Bertz CT molecular complexity index is 497. The summed E-state index contributed by atoms with van der Waals surface area (Å²) in [4.78, 5) is 14.4. The molecule has 0 radical (unpaired) electrons. The van der Waals surface area contributed by atoms with Crippen molar-refractivity contribution in [1.82, 2.24) is 5.32 Å². The number of azide groups is 1. The Morgan fingerprint density at radius 3 is 2.94 bits per heavy atom. The van der Waals surface area contributed by atoms with Crippen LogP contribution >= 0.6 is 0 Å². The van der Waals surface area contributed by atoms with Gasteiger partial charge in [0.05, 0.1) is 0 Å². The van der Waals surface area contributed by atoms with E-state index in [1.54, 1.807) is 18.2 Å². The Balaban J connectivity index is 1.99. The summed E-state index contributed by atoms with van der Waals surface area (Å²) in [5.41, 5.74) is 8.58. The van der Waals surface area contributed by atoms with Crippen LogP contribution in [0.25, 0.3) is 10.4 Å². The van der Waals surface area contributed by atoms with E-state index >= 15 is 0 Å². The molecule has 0 aromatic heterocycles. The molecule has 0 spiro atoms. The average molecular weight is 248 g/mol. The molecule has 0 aliphatic carbocycles. The van der Waals surface area contributed by atoms with E-state index < -0.39 is 0 Å². The summed E-state index contributed by atoms with van der Waals surface area (Å²) in [5.74, 6) is 0.982.